The molecular formula is C32H33N3O3S. The number of esters is 1. The molecule has 1 aliphatic rings. The molecule has 3 heterocycles. The molecular weight excluding hydrogens is 506 g/mol. The van der Waals surface area contributed by atoms with E-state index in [1.54, 1.807) is 11.5 Å². The van der Waals surface area contributed by atoms with E-state index in [-0.39, 0.29) is 12.2 Å². The number of thiazole rings is 1. The van der Waals surface area contributed by atoms with Crippen molar-refractivity contribution >= 4 is 34.3 Å². The fraction of sp³-hybridized carbons (Fsp3) is 0.281. The molecule has 0 radical (unpaired) electrons. The van der Waals surface area contributed by atoms with Gasteiger partial charge >= 0.3 is 5.97 Å². The van der Waals surface area contributed by atoms with Gasteiger partial charge in [-0.2, -0.15) is 0 Å². The molecule has 2 aromatic carbocycles. The van der Waals surface area contributed by atoms with E-state index in [1.165, 1.54) is 16.9 Å². The molecule has 39 heavy (non-hydrogen) atoms. The second kappa shape index (κ2) is 10.7. The summed E-state index contributed by atoms with van der Waals surface area (Å²) in [6.45, 7) is 14.8. The second-order valence-electron chi connectivity index (χ2n) is 10.0. The number of ether oxygens (including phenoxy) is 1. The van der Waals surface area contributed by atoms with Crippen molar-refractivity contribution in [3.05, 3.63) is 115 Å². The third-order valence-electron chi connectivity index (χ3n) is 7.30. The highest BCUT2D eigenvalue weighted by Crippen LogP contribution is 2.32. The standard InChI is InChI=1S/C32H33N3O3S/c1-7-17-34-21(6)25(24-11-9-10-12-26(24)34)18-27-30(36)35-29(23-15-13-22(14-16-23)19(3)4)28(31(37)38-8-2)20(5)33-32(35)39-27/h7,9-16,18-19,29H,1,8,17H2,2-6H3/b27-18+/t29-/m0/s1. The molecule has 0 unspecified atom stereocenters. The number of para-hydroxylation sites is 1. The Morgan fingerprint density at radius 2 is 1.87 bits per heavy atom. The maximum absolute atomic E-state index is 14.1. The van der Waals surface area contributed by atoms with Gasteiger partial charge in [0.05, 0.1) is 28.5 Å². The Bertz CT molecular complexity index is 1800. The van der Waals surface area contributed by atoms with Gasteiger partial charge in [0, 0.05) is 28.7 Å². The van der Waals surface area contributed by atoms with Gasteiger partial charge in [-0.15, -0.1) is 6.58 Å². The van der Waals surface area contributed by atoms with Crippen LogP contribution in [0.4, 0.5) is 0 Å². The first-order chi connectivity index (χ1) is 18.8. The number of carbonyl (C=O) groups is 1. The zero-order valence-corrected chi connectivity index (χ0v) is 23.8. The summed E-state index contributed by atoms with van der Waals surface area (Å²) in [7, 11) is 0. The van der Waals surface area contributed by atoms with Crippen molar-refractivity contribution in [3.63, 3.8) is 0 Å². The number of hydrogen-bond acceptors (Lipinski definition) is 5. The van der Waals surface area contributed by atoms with E-state index in [9.17, 15) is 9.59 Å². The van der Waals surface area contributed by atoms with E-state index in [1.807, 2.05) is 43.3 Å². The van der Waals surface area contributed by atoms with Crippen LogP contribution in [0.5, 0.6) is 0 Å². The Morgan fingerprint density at radius 3 is 2.54 bits per heavy atom. The van der Waals surface area contributed by atoms with Gasteiger partial charge in [0.15, 0.2) is 4.80 Å². The molecule has 1 aliphatic heterocycles. The molecule has 0 fully saturated rings. The Balaban J connectivity index is 1.75. The topological polar surface area (TPSA) is 65.6 Å². The fourth-order valence-corrected chi connectivity index (χ4v) is 6.33. The summed E-state index contributed by atoms with van der Waals surface area (Å²) in [4.78, 5) is 32.5. The van der Waals surface area contributed by atoms with E-state index >= 15 is 0 Å². The third kappa shape index (κ3) is 4.61. The maximum Gasteiger partial charge on any atom is 0.338 e. The predicted octanol–water partition coefficient (Wildman–Crippen LogP) is 5.37. The molecule has 6 nitrogen and oxygen atoms in total. The summed E-state index contributed by atoms with van der Waals surface area (Å²) in [5.41, 5.74) is 5.98. The predicted molar refractivity (Wildman–Crippen MR) is 158 cm³/mol. The van der Waals surface area contributed by atoms with Crippen molar-refractivity contribution in [1.29, 1.82) is 0 Å². The molecule has 200 valence electrons. The van der Waals surface area contributed by atoms with Crippen LogP contribution in [0.25, 0.3) is 17.0 Å². The molecule has 4 aromatic rings. The van der Waals surface area contributed by atoms with E-state index in [4.69, 9.17) is 9.73 Å². The molecule has 5 rings (SSSR count). The normalized spacial score (nSPS) is 15.5. The van der Waals surface area contributed by atoms with Gasteiger partial charge in [-0.3, -0.25) is 9.36 Å². The van der Waals surface area contributed by atoms with Gasteiger partial charge in [-0.1, -0.05) is 73.7 Å². The Kier molecular flexibility index (Phi) is 7.28. The van der Waals surface area contributed by atoms with Crippen molar-refractivity contribution in [2.45, 2.75) is 53.1 Å². The van der Waals surface area contributed by atoms with Crippen molar-refractivity contribution in [2.24, 2.45) is 4.99 Å². The molecule has 0 amide bonds. The van der Waals surface area contributed by atoms with Crippen LogP contribution in [0.3, 0.4) is 0 Å². The minimum atomic E-state index is -0.619. The van der Waals surface area contributed by atoms with Gasteiger partial charge in [0.25, 0.3) is 5.56 Å². The first kappa shape index (κ1) is 26.6. The average Bonchev–Trinajstić information content (AvgIpc) is 3.37. The molecule has 0 spiro atoms. The van der Waals surface area contributed by atoms with Crippen LogP contribution >= 0.6 is 11.3 Å². The van der Waals surface area contributed by atoms with Crippen molar-refractivity contribution in [1.82, 2.24) is 9.13 Å². The molecule has 2 aromatic heterocycles. The largest absolute Gasteiger partial charge is 0.463 e. The highest BCUT2D eigenvalue weighted by Gasteiger charge is 2.33. The summed E-state index contributed by atoms with van der Waals surface area (Å²) in [5, 5.41) is 1.08. The zero-order valence-electron chi connectivity index (χ0n) is 23.0. The molecule has 7 heteroatoms. The van der Waals surface area contributed by atoms with Crippen LogP contribution in [0, 0.1) is 6.92 Å². The SMILES string of the molecule is C=CCn1c(C)c(/C=c2/sc3n(c2=O)[C@@H](c2ccc(C(C)C)cc2)C(C(=O)OCC)=C(C)N=3)c2ccccc21. The van der Waals surface area contributed by atoms with Crippen LogP contribution in [0.15, 0.2) is 82.2 Å². The minimum absolute atomic E-state index is 0.175. The highest BCUT2D eigenvalue weighted by molar-refractivity contribution is 7.07. The first-order valence-electron chi connectivity index (χ1n) is 13.2. The molecule has 1 atom stereocenters. The van der Waals surface area contributed by atoms with Crippen molar-refractivity contribution < 1.29 is 9.53 Å². The molecule has 0 N–H and O–H groups in total. The van der Waals surface area contributed by atoms with E-state index in [0.29, 0.717) is 33.1 Å². The molecule has 0 saturated heterocycles. The summed E-state index contributed by atoms with van der Waals surface area (Å²) >= 11 is 1.35. The summed E-state index contributed by atoms with van der Waals surface area (Å²) in [5.74, 6) is -0.0800. The minimum Gasteiger partial charge on any atom is -0.463 e. The summed E-state index contributed by atoms with van der Waals surface area (Å²) < 4.78 is 9.85. The van der Waals surface area contributed by atoms with Crippen LogP contribution in [0.1, 0.15) is 62.0 Å². The lowest BCUT2D eigenvalue weighted by Gasteiger charge is -2.25. The number of nitrogens with zero attached hydrogens (tertiary/aromatic N) is 3. The molecule has 0 saturated carbocycles. The first-order valence-corrected chi connectivity index (χ1v) is 14.1. The lowest BCUT2D eigenvalue weighted by atomic mass is 9.93. The van der Waals surface area contributed by atoms with Gasteiger partial charge in [-0.25, -0.2) is 9.79 Å². The smallest absolute Gasteiger partial charge is 0.338 e. The Labute approximate surface area is 231 Å². The molecule has 0 aliphatic carbocycles. The third-order valence-corrected chi connectivity index (χ3v) is 8.29. The van der Waals surface area contributed by atoms with Gasteiger partial charge in [-0.05, 0) is 50.0 Å². The number of carbonyl (C=O) groups excluding carboxylic acids is 1. The summed E-state index contributed by atoms with van der Waals surface area (Å²) in [6.07, 6.45) is 3.84. The van der Waals surface area contributed by atoms with Crippen molar-refractivity contribution in [3.8, 4) is 0 Å². The van der Waals surface area contributed by atoms with Gasteiger partial charge in [0.1, 0.15) is 0 Å². The van der Waals surface area contributed by atoms with Crippen LogP contribution in [-0.2, 0) is 16.1 Å². The Hall–Kier alpha value is -3.97. The summed E-state index contributed by atoms with van der Waals surface area (Å²) in [6, 6.07) is 15.7. The van der Waals surface area contributed by atoms with E-state index < -0.39 is 12.0 Å². The number of benzene rings is 2. The monoisotopic (exact) mass is 539 g/mol. The fourth-order valence-electron chi connectivity index (χ4n) is 5.31. The van der Waals surface area contributed by atoms with E-state index in [2.05, 4.69) is 56.2 Å². The average molecular weight is 540 g/mol. The number of aromatic nitrogens is 2. The lowest BCUT2D eigenvalue weighted by molar-refractivity contribution is -0.139. The number of allylic oxidation sites excluding steroid dienone is 2. The maximum atomic E-state index is 14.1. The zero-order chi connectivity index (χ0) is 27.8. The van der Waals surface area contributed by atoms with Crippen LogP contribution in [-0.4, -0.2) is 21.7 Å². The van der Waals surface area contributed by atoms with Crippen LogP contribution < -0.4 is 14.9 Å². The Morgan fingerprint density at radius 1 is 1.15 bits per heavy atom. The van der Waals surface area contributed by atoms with Crippen LogP contribution in [0.2, 0.25) is 0 Å². The molecule has 0 bridgehead atoms. The lowest BCUT2D eigenvalue weighted by Crippen LogP contribution is -2.40. The van der Waals surface area contributed by atoms with Gasteiger partial charge < -0.3 is 9.30 Å². The number of fused-ring (bicyclic) bond motifs is 2. The highest BCUT2D eigenvalue weighted by atomic mass is 32.1. The van der Waals surface area contributed by atoms with E-state index in [0.717, 1.165) is 27.7 Å². The quantitative estimate of drug-likeness (QED) is 0.234. The second-order valence-corrected chi connectivity index (χ2v) is 11.0. The van der Waals surface area contributed by atoms with Gasteiger partial charge in [0.2, 0.25) is 0 Å². The van der Waals surface area contributed by atoms with Crippen molar-refractivity contribution in [2.75, 3.05) is 6.61 Å². The number of rotatable bonds is 7. The number of hydrogen-bond donors (Lipinski definition) is 0.